The highest BCUT2D eigenvalue weighted by atomic mass is 32.1. The number of hydrogen-bond acceptors (Lipinski definition) is 3. The number of rotatable bonds is 4. The SMILES string of the molecule is CNCc1nc(C2CCC(C)C2)sc1-c1ccccc1. The average molecular weight is 286 g/mol. The zero-order valence-electron chi connectivity index (χ0n) is 12.2. The summed E-state index contributed by atoms with van der Waals surface area (Å²) in [6, 6.07) is 10.7. The fourth-order valence-electron chi connectivity index (χ4n) is 3.08. The van der Waals surface area contributed by atoms with Crippen LogP contribution in [0.3, 0.4) is 0 Å². The second-order valence-electron chi connectivity index (χ2n) is 5.84. The van der Waals surface area contributed by atoms with Gasteiger partial charge in [-0.3, -0.25) is 0 Å². The third-order valence-corrected chi connectivity index (χ3v) is 5.45. The molecule has 0 saturated heterocycles. The molecule has 0 amide bonds. The fourth-order valence-corrected chi connectivity index (χ4v) is 4.31. The zero-order valence-corrected chi connectivity index (χ0v) is 13.0. The van der Waals surface area contributed by atoms with Crippen molar-refractivity contribution >= 4 is 11.3 Å². The summed E-state index contributed by atoms with van der Waals surface area (Å²) in [6.07, 6.45) is 3.97. The van der Waals surface area contributed by atoms with Crippen LogP contribution in [0.1, 0.15) is 42.8 Å². The summed E-state index contributed by atoms with van der Waals surface area (Å²) in [6.45, 7) is 3.21. The molecule has 1 aromatic carbocycles. The van der Waals surface area contributed by atoms with Gasteiger partial charge >= 0.3 is 0 Å². The minimum absolute atomic E-state index is 0.683. The summed E-state index contributed by atoms with van der Waals surface area (Å²) in [7, 11) is 1.99. The van der Waals surface area contributed by atoms with E-state index in [-0.39, 0.29) is 0 Å². The van der Waals surface area contributed by atoms with Gasteiger partial charge in [-0.1, -0.05) is 43.7 Å². The van der Waals surface area contributed by atoms with E-state index in [1.807, 2.05) is 18.4 Å². The number of nitrogens with one attached hydrogen (secondary N) is 1. The van der Waals surface area contributed by atoms with E-state index in [4.69, 9.17) is 4.98 Å². The predicted octanol–water partition coefficient (Wildman–Crippen LogP) is 4.43. The minimum atomic E-state index is 0.683. The summed E-state index contributed by atoms with van der Waals surface area (Å²) in [5, 5.41) is 4.60. The quantitative estimate of drug-likeness (QED) is 0.899. The highest BCUT2D eigenvalue weighted by Gasteiger charge is 2.26. The standard InChI is InChI=1S/C17H22N2S/c1-12-8-9-14(10-12)17-19-15(11-18-2)16(20-17)13-6-4-3-5-7-13/h3-7,12,14,18H,8-11H2,1-2H3. The summed E-state index contributed by atoms with van der Waals surface area (Å²) in [5.74, 6) is 1.54. The first-order valence-corrected chi connectivity index (χ1v) is 8.29. The average Bonchev–Trinajstić information content (AvgIpc) is 3.07. The lowest BCUT2D eigenvalue weighted by Gasteiger charge is -2.04. The molecule has 20 heavy (non-hydrogen) atoms. The van der Waals surface area contributed by atoms with Crippen molar-refractivity contribution in [2.45, 2.75) is 38.6 Å². The maximum atomic E-state index is 4.95. The molecule has 3 heteroatoms. The van der Waals surface area contributed by atoms with Gasteiger partial charge in [-0.05, 0) is 31.4 Å². The molecule has 1 saturated carbocycles. The second-order valence-corrected chi connectivity index (χ2v) is 6.87. The Labute approximate surface area is 125 Å². The van der Waals surface area contributed by atoms with Crippen molar-refractivity contribution in [3.05, 3.63) is 41.0 Å². The summed E-state index contributed by atoms with van der Waals surface area (Å²) < 4.78 is 0. The van der Waals surface area contributed by atoms with Gasteiger partial charge in [0.25, 0.3) is 0 Å². The Morgan fingerprint density at radius 2 is 2.05 bits per heavy atom. The van der Waals surface area contributed by atoms with Gasteiger partial charge in [0.05, 0.1) is 15.6 Å². The van der Waals surface area contributed by atoms with Gasteiger partial charge in [0, 0.05) is 12.5 Å². The maximum Gasteiger partial charge on any atom is 0.0966 e. The first-order valence-electron chi connectivity index (χ1n) is 7.47. The monoisotopic (exact) mass is 286 g/mol. The van der Waals surface area contributed by atoms with Crippen molar-refractivity contribution in [1.29, 1.82) is 0 Å². The molecule has 1 heterocycles. The molecule has 2 aromatic rings. The molecule has 0 radical (unpaired) electrons. The Kier molecular flexibility index (Phi) is 4.18. The number of thiazole rings is 1. The van der Waals surface area contributed by atoms with E-state index in [1.54, 1.807) is 0 Å². The molecule has 2 atom stereocenters. The third kappa shape index (κ3) is 2.79. The molecule has 106 valence electrons. The van der Waals surface area contributed by atoms with Crippen LogP contribution in [0.5, 0.6) is 0 Å². The van der Waals surface area contributed by atoms with Gasteiger partial charge in [-0.2, -0.15) is 0 Å². The van der Waals surface area contributed by atoms with Crippen LogP contribution in [0.2, 0.25) is 0 Å². The Bertz CT molecular complexity index is 562. The number of aromatic nitrogens is 1. The summed E-state index contributed by atoms with van der Waals surface area (Å²) >= 11 is 1.90. The van der Waals surface area contributed by atoms with E-state index < -0.39 is 0 Å². The predicted molar refractivity (Wildman–Crippen MR) is 86.1 cm³/mol. The summed E-state index contributed by atoms with van der Waals surface area (Å²) in [4.78, 5) is 6.29. The van der Waals surface area contributed by atoms with E-state index in [9.17, 15) is 0 Å². The zero-order chi connectivity index (χ0) is 13.9. The maximum absolute atomic E-state index is 4.95. The van der Waals surface area contributed by atoms with Crippen molar-refractivity contribution in [2.24, 2.45) is 5.92 Å². The van der Waals surface area contributed by atoms with Gasteiger partial charge in [0.2, 0.25) is 0 Å². The largest absolute Gasteiger partial charge is 0.314 e. The van der Waals surface area contributed by atoms with Crippen LogP contribution in [0, 0.1) is 5.92 Å². The van der Waals surface area contributed by atoms with Gasteiger partial charge in [0.15, 0.2) is 0 Å². The van der Waals surface area contributed by atoms with Gasteiger partial charge in [-0.15, -0.1) is 11.3 Å². The first-order chi connectivity index (χ1) is 9.78. The Morgan fingerprint density at radius 1 is 1.25 bits per heavy atom. The van der Waals surface area contributed by atoms with E-state index in [0.717, 1.165) is 12.5 Å². The molecule has 2 nitrogen and oxygen atoms in total. The topological polar surface area (TPSA) is 24.9 Å². The number of benzene rings is 1. The van der Waals surface area contributed by atoms with E-state index >= 15 is 0 Å². The first kappa shape index (κ1) is 13.8. The molecule has 1 N–H and O–H groups in total. The number of nitrogens with zero attached hydrogens (tertiary/aromatic N) is 1. The molecule has 0 bridgehead atoms. The minimum Gasteiger partial charge on any atom is -0.314 e. The number of hydrogen-bond donors (Lipinski definition) is 1. The van der Waals surface area contributed by atoms with Crippen LogP contribution < -0.4 is 5.32 Å². The third-order valence-electron chi connectivity index (χ3n) is 4.14. The smallest absolute Gasteiger partial charge is 0.0966 e. The van der Waals surface area contributed by atoms with Crippen LogP contribution >= 0.6 is 11.3 Å². The molecular weight excluding hydrogens is 264 g/mol. The van der Waals surface area contributed by atoms with Crippen LogP contribution in [0.15, 0.2) is 30.3 Å². The molecule has 1 aliphatic rings. The molecule has 1 aliphatic carbocycles. The van der Waals surface area contributed by atoms with E-state index in [1.165, 1.54) is 40.4 Å². The second kappa shape index (κ2) is 6.06. The van der Waals surface area contributed by atoms with Crippen LogP contribution in [0.4, 0.5) is 0 Å². The van der Waals surface area contributed by atoms with Crippen LogP contribution in [-0.2, 0) is 6.54 Å². The molecule has 0 spiro atoms. The highest BCUT2D eigenvalue weighted by Crippen LogP contribution is 2.42. The Hall–Kier alpha value is -1.19. The van der Waals surface area contributed by atoms with Crippen molar-refractivity contribution in [2.75, 3.05) is 7.05 Å². The summed E-state index contributed by atoms with van der Waals surface area (Å²) in [5.41, 5.74) is 2.51. The molecule has 1 aromatic heterocycles. The van der Waals surface area contributed by atoms with Gasteiger partial charge in [0.1, 0.15) is 0 Å². The fraction of sp³-hybridized carbons (Fsp3) is 0.471. The lowest BCUT2D eigenvalue weighted by atomic mass is 10.1. The molecular formula is C17H22N2S. The van der Waals surface area contributed by atoms with Crippen molar-refractivity contribution < 1.29 is 0 Å². The normalized spacial score (nSPS) is 22.3. The van der Waals surface area contributed by atoms with Gasteiger partial charge < -0.3 is 5.32 Å². The molecule has 2 unspecified atom stereocenters. The highest BCUT2D eigenvalue weighted by molar-refractivity contribution is 7.15. The van der Waals surface area contributed by atoms with E-state index in [2.05, 4.69) is 42.6 Å². The Balaban J connectivity index is 1.94. The van der Waals surface area contributed by atoms with Crippen LogP contribution in [-0.4, -0.2) is 12.0 Å². The van der Waals surface area contributed by atoms with E-state index in [0.29, 0.717) is 5.92 Å². The molecule has 1 fully saturated rings. The van der Waals surface area contributed by atoms with Gasteiger partial charge in [-0.25, -0.2) is 4.98 Å². The Morgan fingerprint density at radius 3 is 2.70 bits per heavy atom. The lowest BCUT2D eigenvalue weighted by molar-refractivity contribution is 0.595. The lowest BCUT2D eigenvalue weighted by Crippen LogP contribution is -2.06. The molecule has 0 aliphatic heterocycles. The van der Waals surface area contributed by atoms with Crippen molar-refractivity contribution in [3.8, 4) is 10.4 Å². The van der Waals surface area contributed by atoms with Crippen molar-refractivity contribution in [3.63, 3.8) is 0 Å². The van der Waals surface area contributed by atoms with Crippen molar-refractivity contribution in [1.82, 2.24) is 10.3 Å². The van der Waals surface area contributed by atoms with Crippen LogP contribution in [0.25, 0.3) is 10.4 Å². The molecule has 3 rings (SSSR count).